The summed E-state index contributed by atoms with van der Waals surface area (Å²) in [7, 11) is 1.44. The van der Waals surface area contributed by atoms with Crippen LogP contribution in [-0.4, -0.2) is 54.1 Å². The first-order chi connectivity index (χ1) is 18.1. The van der Waals surface area contributed by atoms with E-state index in [1.165, 1.54) is 23.9 Å². The predicted octanol–water partition coefficient (Wildman–Crippen LogP) is 5.08. The van der Waals surface area contributed by atoms with Crippen molar-refractivity contribution >= 4 is 29.1 Å². The monoisotopic (exact) mass is 601 g/mol. The third-order valence-electron chi connectivity index (χ3n) is 6.61. The first kappa shape index (κ1) is 32.6. The molecule has 1 aromatic carbocycles. The highest BCUT2D eigenvalue weighted by Gasteiger charge is 2.36. The van der Waals surface area contributed by atoms with Crippen molar-refractivity contribution in [2.45, 2.75) is 64.3 Å². The number of nitrogens with zero attached hydrogens (tertiary/aromatic N) is 2. The smallest absolute Gasteiger partial charge is 0.391 e. The van der Waals surface area contributed by atoms with Gasteiger partial charge in [0.25, 0.3) is 5.91 Å². The number of amides is 1. The number of carbonyl (C=O) groups excluding carboxylic acids is 1. The van der Waals surface area contributed by atoms with Crippen LogP contribution in [0.5, 0.6) is 5.75 Å². The maximum absolute atomic E-state index is 13.1. The molecule has 8 nitrogen and oxygen atoms in total. The predicted molar refractivity (Wildman–Crippen MR) is 133 cm³/mol. The number of hydrogen-bond acceptors (Lipinski definition) is 6. The Kier molecular flexibility index (Phi) is 11.4. The molecule has 1 amide bonds. The van der Waals surface area contributed by atoms with E-state index in [-0.39, 0.29) is 39.8 Å². The van der Waals surface area contributed by atoms with Crippen molar-refractivity contribution in [3.63, 3.8) is 0 Å². The molecule has 0 unspecified atom stereocenters. The van der Waals surface area contributed by atoms with Gasteiger partial charge in [0.15, 0.2) is 5.69 Å². The lowest BCUT2D eigenvalue weighted by Crippen LogP contribution is -2.45. The fraction of sp³-hybridized carbons (Fsp3) is 0.583. The Hall–Kier alpha value is -2.58. The molecule has 1 heterocycles. The number of carbonyl (C=O) groups is 1. The average Bonchev–Trinajstić information content (AvgIpc) is 3.13. The van der Waals surface area contributed by atoms with Gasteiger partial charge in [-0.25, -0.2) is 0 Å². The molecule has 15 heteroatoms. The average molecular weight is 602 g/mol. The Morgan fingerprint density at radius 2 is 1.90 bits per heavy atom. The van der Waals surface area contributed by atoms with Crippen LogP contribution in [0.25, 0.3) is 11.3 Å². The molecule has 1 atom stereocenters. The number of hydrogen-bond donors (Lipinski definition) is 2. The minimum absolute atomic E-state index is 0.00657. The lowest BCUT2D eigenvalue weighted by Gasteiger charge is -2.34. The summed E-state index contributed by atoms with van der Waals surface area (Å²) in [6.45, 7) is -0.141. The summed E-state index contributed by atoms with van der Waals surface area (Å²) in [6.07, 6.45) is -2.11. The molecule has 0 bridgehead atoms. The molecule has 2 N–H and O–H groups in total. The Morgan fingerprint density at radius 3 is 2.44 bits per heavy atom. The summed E-state index contributed by atoms with van der Waals surface area (Å²) >= 11 is 5.68. The normalized spacial score (nSPS) is 20.1. The van der Waals surface area contributed by atoms with Gasteiger partial charge in [0, 0.05) is 19.2 Å². The summed E-state index contributed by atoms with van der Waals surface area (Å²) in [6, 6.07) is 3.78. The zero-order valence-corrected chi connectivity index (χ0v) is 22.9. The molecule has 0 radical (unpaired) electrons. The van der Waals surface area contributed by atoms with Gasteiger partial charge in [-0.1, -0.05) is 31.5 Å². The molecule has 1 aromatic heterocycles. The van der Waals surface area contributed by atoms with Crippen molar-refractivity contribution in [3.05, 3.63) is 34.5 Å². The SMILES string of the molecule is CC1CCC(O)(CNC(=O)c2nn(C)c(-c3ccc(C[C@@H](C)C(F)(F)F)cc3OC(F)F)c2Cl)CC1.O=S=O. The van der Waals surface area contributed by atoms with E-state index >= 15 is 0 Å². The van der Waals surface area contributed by atoms with Crippen molar-refractivity contribution in [2.75, 3.05) is 6.54 Å². The first-order valence-electron chi connectivity index (χ1n) is 11.9. The zero-order valence-electron chi connectivity index (χ0n) is 21.4. The van der Waals surface area contributed by atoms with E-state index in [1.54, 1.807) is 0 Å². The number of aromatic nitrogens is 2. The third-order valence-corrected chi connectivity index (χ3v) is 6.96. The number of alkyl halides is 5. The maximum atomic E-state index is 13.1. The Bertz CT molecular complexity index is 1180. The van der Waals surface area contributed by atoms with Crippen LogP contribution in [0, 0.1) is 11.8 Å². The van der Waals surface area contributed by atoms with Crippen molar-refractivity contribution in [2.24, 2.45) is 18.9 Å². The maximum Gasteiger partial charge on any atom is 0.391 e. The van der Waals surface area contributed by atoms with Crippen LogP contribution in [0.3, 0.4) is 0 Å². The van der Waals surface area contributed by atoms with Crippen molar-refractivity contribution in [1.29, 1.82) is 0 Å². The first-order valence-corrected chi connectivity index (χ1v) is 13.0. The highest BCUT2D eigenvalue weighted by molar-refractivity contribution is 7.51. The Morgan fingerprint density at radius 1 is 1.31 bits per heavy atom. The van der Waals surface area contributed by atoms with Gasteiger partial charge in [0.05, 0.1) is 22.2 Å². The van der Waals surface area contributed by atoms with Gasteiger partial charge in [-0.15, -0.1) is 0 Å². The number of aliphatic hydroxyl groups is 1. The molecule has 0 spiro atoms. The molecule has 218 valence electrons. The lowest BCUT2D eigenvalue weighted by atomic mass is 9.79. The summed E-state index contributed by atoms with van der Waals surface area (Å²) in [5.74, 6) is -2.23. The topological polar surface area (TPSA) is 111 Å². The van der Waals surface area contributed by atoms with Crippen LogP contribution in [0.1, 0.15) is 55.6 Å². The van der Waals surface area contributed by atoms with Crippen molar-refractivity contribution in [3.8, 4) is 17.0 Å². The van der Waals surface area contributed by atoms with E-state index in [1.807, 2.05) is 0 Å². The summed E-state index contributed by atoms with van der Waals surface area (Å²) < 4.78 is 87.5. The highest BCUT2D eigenvalue weighted by Crippen LogP contribution is 2.39. The van der Waals surface area contributed by atoms with Gasteiger partial charge in [0.2, 0.25) is 0 Å². The van der Waals surface area contributed by atoms with E-state index in [2.05, 4.69) is 22.1 Å². The summed E-state index contributed by atoms with van der Waals surface area (Å²) in [5.41, 5.74) is -0.950. The van der Waals surface area contributed by atoms with E-state index < -0.39 is 48.2 Å². The second-order valence-electron chi connectivity index (χ2n) is 9.65. The lowest BCUT2D eigenvalue weighted by molar-refractivity contribution is -0.169. The molecule has 1 fully saturated rings. The van der Waals surface area contributed by atoms with Crippen LogP contribution < -0.4 is 10.1 Å². The molecule has 0 aliphatic heterocycles. The molecular weight excluding hydrogens is 573 g/mol. The second-order valence-corrected chi connectivity index (χ2v) is 10.2. The number of ether oxygens (including phenoxy) is 1. The molecule has 39 heavy (non-hydrogen) atoms. The largest absolute Gasteiger partial charge is 0.434 e. The second kappa shape index (κ2) is 13.7. The number of nitrogens with one attached hydrogen (secondary N) is 1. The molecule has 2 aromatic rings. The highest BCUT2D eigenvalue weighted by atomic mass is 35.5. The minimum Gasteiger partial charge on any atom is -0.434 e. The van der Waals surface area contributed by atoms with Gasteiger partial charge in [0.1, 0.15) is 5.75 Å². The number of halogens is 6. The van der Waals surface area contributed by atoms with Crippen LogP contribution in [-0.2, 0) is 25.0 Å². The van der Waals surface area contributed by atoms with Gasteiger partial charge in [-0.05, 0) is 55.7 Å². The van der Waals surface area contributed by atoms with E-state index in [4.69, 9.17) is 20.0 Å². The van der Waals surface area contributed by atoms with E-state index in [0.29, 0.717) is 18.8 Å². The van der Waals surface area contributed by atoms with Crippen LogP contribution in [0.2, 0.25) is 5.02 Å². The van der Waals surface area contributed by atoms with Gasteiger partial charge >= 0.3 is 24.4 Å². The summed E-state index contributed by atoms with van der Waals surface area (Å²) in [4.78, 5) is 12.8. The minimum atomic E-state index is -4.45. The van der Waals surface area contributed by atoms with Gasteiger partial charge in [-0.2, -0.15) is 35.5 Å². The van der Waals surface area contributed by atoms with Crippen molar-refractivity contribution in [1.82, 2.24) is 15.1 Å². The summed E-state index contributed by atoms with van der Waals surface area (Å²) in [5, 5.41) is 17.3. The number of aryl methyl sites for hydroxylation is 1. The van der Waals surface area contributed by atoms with Gasteiger partial charge in [-0.3, -0.25) is 9.48 Å². The third kappa shape index (κ3) is 8.97. The molecule has 0 saturated heterocycles. The van der Waals surface area contributed by atoms with Crippen LogP contribution in [0.4, 0.5) is 22.0 Å². The standard InChI is InChI=1S/C24H29ClF5N3O3.O2S/c1-13-6-8-23(35,9-7-13)12-31-21(34)19-18(25)20(33(3)32-19)16-5-4-15(10-14(2)24(28,29)30)11-17(16)36-22(26)27;1-3-2/h4-5,11,13-14,22,35H,6-10,12H2,1-3H3,(H,31,34);/t13?,14-,23?;/m1./s1. The molecule has 1 aliphatic carbocycles. The van der Waals surface area contributed by atoms with Gasteiger partial charge < -0.3 is 15.2 Å². The fourth-order valence-electron chi connectivity index (χ4n) is 4.29. The zero-order chi connectivity index (χ0) is 29.5. The fourth-order valence-corrected chi connectivity index (χ4v) is 4.64. The quantitative estimate of drug-likeness (QED) is 0.408. The van der Waals surface area contributed by atoms with Crippen molar-refractivity contribution < 1.29 is 45.0 Å². The molecular formula is C24H29ClF5N3O5S. The van der Waals surface area contributed by atoms with E-state index in [9.17, 15) is 31.9 Å². The molecule has 1 aliphatic rings. The molecule has 3 rings (SSSR count). The Balaban J connectivity index is 0.00000170. The van der Waals surface area contributed by atoms with E-state index in [0.717, 1.165) is 25.8 Å². The number of benzene rings is 1. The number of rotatable bonds is 8. The van der Waals surface area contributed by atoms with Crippen LogP contribution in [0.15, 0.2) is 18.2 Å². The Labute approximate surface area is 230 Å². The molecule has 1 saturated carbocycles. The van der Waals surface area contributed by atoms with Crippen LogP contribution >= 0.6 is 11.6 Å².